The highest BCUT2D eigenvalue weighted by atomic mass is 19.1. The lowest BCUT2D eigenvalue weighted by atomic mass is 9.99. The molecular formula is C27H27FN3O3+. The molecule has 3 aromatic rings. The third-order valence-electron chi connectivity index (χ3n) is 5.88. The number of methoxy groups -OCH3 is 1. The van der Waals surface area contributed by atoms with Gasteiger partial charge in [-0.15, -0.1) is 10.1 Å². The van der Waals surface area contributed by atoms with Crippen LogP contribution in [0.25, 0.3) is 0 Å². The molecule has 2 N–H and O–H groups in total. The molecule has 0 spiro atoms. The summed E-state index contributed by atoms with van der Waals surface area (Å²) in [5, 5.41) is 2.82. The molecule has 1 saturated heterocycles. The number of carbonyl (C=O) groups is 2. The average molecular weight is 461 g/mol. The molecule has 1 heterocycles. The van der Waals surface area contributed by atoms with Crippen LogP contribution in [0.5, 0.6) is 5.75 Å². The van der Waals surface area contributed by atoms with Crippen LogP contribution in [-0.2, 0) is 4.79 Å². The van der Waals surface area contributed by atoms with E-state index in [9.17, 15) is 14.0 Å². The highest BCUT2D eigenvalue weighted by Gasteiger charge is 2.47. The molecule has 0 aromatic heterocycles. The molecule has 7 heteroatoms. The molecule has 0 saturated carbocycles. The van der Waals surface area contributed by atoms with Gasteiger partial charge < -0.3 is 10.1 Å². The lowest BCUT2D eigenvalue weighted by Crippen LogP contribution is -2.42. The summed E-state index contributed by atoms with van der Waals surface area (Å²) in [6.07, 6.45) is 1.85. The third-order valence-corrected chi connectivity index (χ3v) is 5.88. The molecule has 174 valence electrons. The van der Waals surface area contributed by atoms with E-state index in [-0.39, 0.29) is 11.5 Å². The number of nitrogens with one attached hydrogen (secondary N) is 2. The van der Waals surface area contributed by atoms with Crippen molar-refractivity contribution in [3.05, 3.63) is 101 Å². The van der Waals surface area contributed by atoms with E-state index in [1.165, 1.54) is 29.8 Å². The van der Waals surface area contributed by atoms with Crippen LogP contribution in [0.4, 0.5) is 4.39 Å². The van der Waals surface area contributed by atoms with E-state index >= 15 is 0 Å². The summed E-state index contributed by atoms with van der Waals surface area (Å²) in [6, 6.07) is 19.3. The number of hydrazone groups is 1. The SMILES string of the molecule is COc1ccc([C@H]2[C@H](NC(=O)c3ccc(F)cc3)C(=O)N/[N+]2=C\c2ccc(C(C)C)cc2)cc1. The van der Waals surface area contributed by atoms with Gasteiger partial charge in [-0.05, 0) is 72.1 Å². The van der Waals surface area contributed by atoms with Gasteiger partial charge in [0.1, 0.15) is 11.6 Å². The standard InChI is InChI=1S/C27H26FN3O3/c1-17(2)19-6-4-18(5-7-19)16-31-25(20-10-14-23(34-3)15-11-20)24(27(33)30-31)29-26(32)21-8-12-22(28)13-9-21/h4-17,24-25H,1-3H3,(H-,29,30,32,33)/p+1/b31-16-/t24-,25-/m0/s1. The molecule has 1 aliphatic heterocycles. The van der Waals surface area contributed by atoms with Gasteiger partial charge in [-0.2, -0.15) is 0 Å². The van der Waals surface area contributed by atoms with Crippen molar-refractivity contribution in [3.63, 3.8) is 0 Å². The number of carbonyl (C=O) groups excluding carboxylic acids is 2. The van der Waals surface area contributed by atoms with Gasteiger partial charge in [0.25, 0.3) is 5.91 Å². The van der Waals surface area contributed by atoms with Gasteiger partial charge in [0.2, 0.25) is 12.3 Å². The molecule has 2 atom stereocenters. The van der Waals surface area contributed by atoms with Gasteiger partial charge in [-0.3, -0.25) is 9.59 Å². The summed E-state index contributed by atoms with van der Waals surface area (Å²) < 4.78 is 20.2. The normalized spacial score (nSPS) is 18.7. The Morgan fingerprint density at radius 1 is 1.03 bits per heavy atom. The Hall–Kier alpha value is -4.00. The Kier molecular flexibility index (Phi) is 6.72. The fourth-order valence-corrected chi connectivity index (χ4v) is 3.93. The Morgan fingerprint density at radius 3 is 2.26 bits per heavy atom. The molecular weight excluding hydrogens is 433 g/mol. The number of nitrogens with zero attached hydrogens (tertiary/aromatic N) is 1. The van der Waals surface area contributed by atoms with Crippen molar-refractivity contribution in [1.29, 1.82) is 0 Å². The first kappa shape index (κ1) is 23.2. The van der Waals surface area contributed by atoms with Gasteiger partial charge in [0, 0.05) is 16.7 Å². The molecule has 34 heavy (non-hydrogen) atoms. The van der Waals surface area contributed by atoms with Crippen LogP contribution in [-0.4, -0.2) is 35.9 Å². The van der Waals surface area contributed by atoms with Crippen LogP contribution < -0.4 is 15.5 Å². The molecule has 0 bridgehead atoms. The zero-order chi connectivity index (χ0) is 24.2. The van der Waals surface area contributed by atoms with Crippen molar-refractivity contribution in [1.82, 2.24) is 10.7 Å². The maximum Gasteiger partial charge on any atom is 0.304 e. The van der Waals surface area contributed by atoms with E-state index < -0.39 is 23.8 Å². The minimum absolute atomic E-state index is 0.273. The molecule has 1 fully saturated rings. The fourth-order valence-electron chi connectivity index (χ4n) is 3.93. The van der Waals surface area contributed by atoms with Gasteiger partial charge in [0.15, 0.2) is 6.04 Å². The molecule has 3 aromatic carbocycles. The van der Waals surface area contributed by atoms with Gasteiger partial charge in [0.05, 0.1) is 7.11 Å². The topological polar surface area (TPSA) is 70.4 Å². The second-order valence-electron chi connectivity index (χ2n) is 8.51. The van der Waals surface area contributed by atoms with E-state index in [1.54, 1.807) is 11.8 Å². The van der Waals surface area contributed by atoms with Gasteiger partial charge in [-0.25, -0.2) is 4.39 Å². The first-order valence-corrected chi connectivity index (χ1v) is 11.1. The zero-order valence-electron chi connectivity index (χ0n) is 19.3. The molecule has 0 radical (unpaired) electrons. The minimum Gasteiger partial charge on any atom is -0.497 e. The second kappa shape index (κ2) is 9.87. The summed E-state index contributed by atoms with van der Waals surface area (Å²) in [4.78, 5) is 25.8. The molecule has 0 aliphatic carbocycles. The van der Waals surface area contributed by atoms with E-state index in [2.05, 4.69) is 36.7 Å². The third kappa shape index (κ3) is 4.98. The first-order valence-electron chi connectivity index (χ1n) is 11.1. The predicted molar refractivity (Wildman–Crippen MR) is 127 cm³/mol. The van der Waals surface area contributed by atoms with Crippen molar-refractivity contribution >= 4 is 18.0 Å². The monoisotopic (exact) mass is 460 g/mol. The lowest BCUT2D eigenvalue weighted by molar-refractivity contribution is -0.596. The lowest BCUT2D eigenvalue weighted by Gasteiger charge is -2.15. The van der Waals surface area contributed by atoms with Crippen LogP contribution in [0.15, 0.2) is 72.8 Å². The number of ether oxygens (including phenoxy) is 1. The van der Waals surface area contributed by atoms with Crippen LogP contribution in [0.3, 0.4) is 0 Å². The molecule has 2 amide bonds. The number of hydrogen-bond donors (Lipinski definition) is 2. The number of rotatable bonds is 6. The highest BCUT2D eigenvalue weighted by Crippen LogP contribution is 2.27. The largest absolute Gasteiger partial charge is 0.497 e. The highest BCUT2D eigenvalue weighted by molar-refractivity contribution is 5.98. The fraction of sp³-hybridized carbons (Fsp3) is 0.222. The first-order chi connectivity index (χ1) is 16.4. The predicted octanol–water partition coefficient (Wildman–Crippen LogP) is 3.97. The van der Waals surface area contributed by atoms with E-state index in [0.29, 0.717) is 11.7 Å². The number of hydrazine groups is 1. The maximum absolute atomic E-state index is 13.3. The van der Waals surface area contributed by atoms with Crippen molar-refractivity contribution < 1.29 is 23.4 Å². The summed E-state index contributed by atoms with van der Waals surface area (Å²) in [5.74, 6) is -0.130. The molecule has 0 unspecified atom stereocenters. The van der Waals surface area contributed by atoms with Crippen LogP contribution in [0.1, 0.15) is 52.9 Å². The molecule has 1 aliphatic rings. The maximum atomic E-state index is 13.3. The van der Waals surface area contributed by atoms with Gasteiger partial charge in [-0.1, -0.05) is 26.0 Å². The zero-order valence-corrected chi connectivity index (χ0v) is 19.3. The number of benzene rings is 3. The van der Waals surface area contributed by atoms with E-state index in [0.717, 1.165) is 11.1 Å². The Balaban J connectivity index is 1.68. The Morgan fingerprint density at radius 2 is 1.68 bits per heavy atom. The number of hydrogen-bond acceptors (Lipinski definition) is 3. The van der Waals surface area contributed by atoms with Crippen molar-refractivity contribution in [2.24, 2.45) is 0 Å². The van der Waals surface area contributed by atoms with Crippen molar-refractivity contribution in [2.45, 2.75) is 31.8 Å². The Bertz CT molecular complexity index is 1200. The summed E-state index contributed by atoms with van der Waals surface area (Å²) in [7, 11) is 1.59. The number of halogens is 1. The summed E-state index contributed by atoms with van der Waals surface area (Å²) in [6.45, 7) is 4.26. The quantitative estimate of drug-likeness (QED) is 0.547. The number of amides is 2. The minimum atomic E-state index is -0.864. The van der Waals surface area contributed by atoms with Crippen molar-refractivity contribution in [3.8, 4) is 5.75 Å². The van der Waals surface area contributed by atoms with Gasteiger partial charge >= 0.3 is 5.91 Å². The molecule has 6 nitrogen and oxygen atoms in total. The van der Waals surface area contributed by atoms with Crippen LogP contribution >= 0.6 is 0 Å². The van der Waals surface area contributed by atoms with Crippen LogP contribution in [0, 0.1) is 5.82 Å². The van der Waals surface area contributed by atoms with Crippen molar-refractivity contribution in [2.75, 3.05) is 7.11 Å². The second-order valence-corrected chi connectivity index (χ2v) is 8.51. The van der Waals surface area contributed by atoms with Crippen LogP contribution in [0.2, 0.25) is 0 Å². The van der Waals surface area contributed by atoms with E-state index in [4.69, 9.17) is 4.74 Å². The Labute approximate surface area is 198 Å². The summed E-state index contributed by atoms with van der Waals surface area (Å²) in [5.41, 5.74) is 6.09. The summed E-state index contributed by atoms with van der Waals surface area (Å²) >= 11 is 0. The van der Waals surface area contributed by atoms with E-state index in [1.807, 2.05) is 42.6 Å². The average Bonchev–Trinajstić information content (AvgIpc) is 3.14. The molecule has 4 rings (SSSR count). The smallest absolute Gasteiger partial charge is 0.304 e.